The van der Waals surface area contributed by atoms with Gasteiger partial charge in [-0.15, -0.1) is 11.3 Å². The highest BCUT2D eigenvalue weighted by molar-refractivity contribution is 9.10. The number of aromatic nitrogens is 1. The molecule has 138 valence electrons. The van der Waals surface area contributed by atoms with Gasteiger partial charge in [-0.2, -0.15) is 0 Å². The second kappa shape index (κ2) is 8.50. The molecule has 0 unspecified atom stereocenters. The number of benzene rings is 3. The number of amides is 1. The van der Waals surface area contributed by atoms with Gasteiger partial charge in [0.05, 0.1) is 11.3 Å². The number of carbonyl (C=O) groups excluding carboxylic acids is 1. The summed E-state index contributed by atoms with van der Waals surface area (Å²) < 4.78 is 0.792. The normalized spacial score (nSPS) is 10.6. The minimum Gasteiger partial charge on any atom is -0.348 e. The van der Waals surface area contributed by atoms with Crippen LogP contribution in [0.15, 0.2) is 88.7 Å². The molecule has 0 spiro atoms. The quantitative estimate of drug-likeness (QED) is 0.396. The zero-order chi connectivity index (χ0) is 19.3. The van der Waals surface area contributed by atoms with E-state index >= 15 is 0 Å². The van der Waals surface area contributed by atoms with Crippen molar-refractivity contribution in [2.45, 2.75) is 6.54 Å². The molecule has 1 aromatic heterocycles. The van der Waals surface area contributed by atoms with Gasteiger partial charge in [0.2, 0.25) is 0 Å². The SMILES string of the molecule is O=C(NCc1ccc(-c2nc(-c3ccccc3)cs2)cc1)c1ccccc1Br. The van der Waals surface area contributed by atoms with Crippen LogP contribution in [0.5, 0.6) is 0 Å². The number of thiazole rings is 1. The summed E-state index contributed by atoms with van der Waals surface area (Å²) in [6.07, 6.45) is 0. The number of rotatable bonds is 5. The Hall–Kier alpha value is -2.76. The molecule has 1 heterocycles. The number of carbonyl (C=O) groups is 1. The first kappa shape index (κ1) is 18.6. The molecule has 0 aliphatic heterocycles. The number of halogens is 1. The Bertz CT molecular complexity index is 1090. The van der Waals surface area contributed by atoms with E-state index < -0.39 is 0 Å². The van der Waals surface area contributed by atoms with E-state index in [1.807, 2.05) is 60.7 Å². The third-order valence-corrected chi connectivity index (χ3v) is 5.93. The first-order valence-corrected chi connectivity index (χ1v) is 10.5. The van der Waals surface area contributed by atoms with Crippen LogP contribution in [0.25, 0.3) is 21.8 Å². The van der Waals surface area contributed by atoms with Gasteiger partial charge in [0.25, 0.3) is 5.91 Å². The molecular weight excluding hydrogens is 432 g/mol. The van der Waals surface area contributed by atoms with Gasteiger partial charge in [-0.1, -0.05) is 66.7 Å². The van der Waals surface area contributed by atoms with Gasteiger partial charge < -0.3 is 5.32 Å². The fourth-order valence-corrected chi connectivity index (χ4v) is 4.14. The molecule has 0 radical (unpaired) electrons. The standard InChI is InChI=1S/C23H17BrN2OS/c24-20-9-5-4-8-19(20)22(27)25-14-16-10-12-18(13-11-16)23-26-21(15-28-23)17-6-2-1-3-7-17/h1-13,15H,14H2,(H,25,27). The highest BCUT2D eigenvalue weighted by atomic mass is 79.9. The lowest BCUT2D eigenvalue weighted by atomic mass is 10.1. The fraction of sp³-hybridized carbons (Fsp3) is 0.0435. The van der Waals surface area contributed by atoms with Crippen molar-refractivity contribution < 1.29 is 4.79 Å². The van der Waals surface area contributed by atoms with Crippen molar-refractivity contribution >= 4 is 33.2 Å². The third kappa shape index (κ3) is 4.21. The molecule has 28 heavy (non-hydrogen) atoms. The van der Waals surface area contributed by atoms with E-state index in [4.69, 9.17) is 4.98 Å². The Labute approximate surface area is 176 Å². The van der Waals surface area contributed by atoms with E-state index in [9.17, 15) is 4.79 Å². The minimum atomic E-state index is -0.0935. The van der Waals surface area contributed by atoms with Crippen LogP contribution in [-0.2, 0) is 6.54 Å². The second-order valence-corrected chi connectivity index (χ2v) is 7.98. The summed E-state index contributed by atoms with van der Waals surface area (Å²) in [6, 6.07) is 25.7. The Kier molecular flexibility index (Phi) is 5.65. The van der Waals surface area contributed by atoms with Crippen molar-refractivity contribution in [1.82, 2.24) is 10.3 Å². The first-order chi connectivity index (χ1) is 13.7. The van der Waals surface area contributed by atoms with Gasteiger partial charge in [-0.3, -0.25) is 4.79 Å². The molecule has 0 saturated carbocycles. The van der Waals surface area contributed by atoms with Gasteiger partial charge in [-0.05, 0) is 33.6 Å². The molecule has 1 N–H and O–H groups in total. The third-order valence-electron chi connectivity index (χ3n) is 4.35. The van der Waals surface area contributed by atoms with Gasteiger partial charge in [0, 0.05) is 27.5 Å². The van der Waals surface area contributed by atoms with Crippen molar-refractivity contribution in [3.63, 3.8) is 0 Å². The Balaban J connectivity index is 1.42. The zero-order valence-corrected chi connectivity index (χ0v) is 17.3. The minimum absolute atomic E-state index is 0.0935. The predicted octanol–water partition coefficient (Wildman–Crippen LogP) is 6.17. The summed E-state index contributed by atoms with van der Waals surface area (Å²) in [4.78, 5) is 17.1. The molecule has 0 atom stereocenters. The van der Waals surface area contributed by atoms with E-state index in [1.165, 1.54) is 0 Å². The Morgan fingerprint density at radius 2 is 1.61 bits per heavy atom. The largest absolute Gasteiger partial charge is 0.348 e. The van der Waals surface area contributed by atoms with E-state index in [1.54, 1.807) is 17.4 Å². The molecule has 0 bridgehead atoms. The average Bonchev–Trinajstić information content (AvgIpc) is 3.24. The maximum Gasteiger partial charge on any atom is 0.252 e. The topological polar surface area (TPSA) is 42.0 Å². The summed E-state index contributed by atoms with van der Waals surface area (Å²) in [5.41, 5.74) is 4.87. The van der Waals surface area contributed by atoms with Crippen LogP contribution in [0.4, 0.5) is 0 Å². The van der Waals surface area contributed by atoms with Gasteiger partial charge in [0.1, 0.15) is 5.01 Å². The highest BCUT2D eigenvalue weighted by Gasteiger charge is 2.09. The molecule has 4 rings (SSSR count). The number of hydrogen-bond acceptors (Lipinski definition) is 3. The van der Waals surface area contributed by atoms with Crippen LogP contribution in [0.3, 0.4) is 0 Å². The van der Waals surface area contributed by atoms with Gasteiger partial charge >= 0.3 is 0 Å². The van der Waals surface area contributed by atoms with E-state index in [-0.39, 0.29) is 5.91 Å². The van der Waals surface area contributed by atoms with Crippen LogP contribution in [0.1, 0.15) is 15.9 Å². The van der Waals surface area contributed by atoms with Gasteiger partial charge in [0.15, 0.2) is 0 Å². The average molecular weight is 449 g/mol. The predicted molar refractivity (Wildman–Crippen MR) is 118 cm³/mol. The summed E-state index contributed by atoms with van der Waals surface area (Å²) >= 11 is 5.05. The summed E-state index contributed by atoms with van der Waals surface area (Å²) in [5.74, 6) is -0.0935. The molecular formula is C23H17BrN2OS. The van der Waals surface area contributed by atoms with Crippen molar-refractivity contribution in [2.24, 2.45) is 0 Å². The Morgan fingerprint density at radius 1 is 0.893 bits per heavy atom. The molecule has 1 amide bonds. The smallest absolute Gasteiger partial charge is 0.252 e. The lowest BCUT2D eigenvalue weighted by Crippen LogP contribution is -2.23. The van der Waals surface area contributed by atoms with Crippen LogP contribution >= 0.6 is 27.3 Å². The van der Waals surface area contributed by atoms with Crippen LogP contribution < -0.4 is 5.32 Å². The van der Waals surface area contributed by atoms with Crippen molar-refractivity contribution in [3.8, 4) is 21.8 Å². The van der Waals surface area contributed by atoms with Crippen molar-refractivity contribution in [3.05, 3.63) is 99.8 Å². The maximum atomic E-state index is 12.3. The van der Waals surface area contributed by atoms with Crippen molar-refractivity contribution in [2.75, 3.05) is 0 Å². The summed E-state index contributed by atoms with van der Waals surface area (Å²) in [7, 11) is 0. The van der Waals surface area contributed by atoms with E-state index in [0.29, 0.717) is 12.1 Å². The summed E-state index contributed by atoms with van der Waals surface area (Å²) in [6.45, 7) is 0.480. The van der Waals surface area contributed by atoms with E-state index in [0.717, 1.165) is 31.9 Å². The van der Waals surface area contributed by atoms with Crippen LogP contribution in [0, 0.1) is 0 Å². The maximum absolute atomic E-state index is 12.3. The summed E-state index contributed by atoms with van der Waals surface area (Å²) in [5, 5.41) is 6.03. The monoisotopic (exact) mass is 448 g/mol. The molecule has 0 aliphatic carbocycles. The Morgan fingerprint density at radius 3 is 2.36 bits per heavy atom. The lowest BCUT2D eigenvalue weighted by molar-refractivity contribution is 0.0950. The van der Waals surface area contributed by atoms with E-state index in [2.05, 4.69) is 38.8 Å². The molecule has 5 heteroatoms. The number of nitrogens with zero attached hydrogens (tertiary/aromatic N) is 1. The molecule has 3 nitrogen and oxygen atoms in total. The lowest BCUT2D eigenvalue weighted by Gasteiger charge is -2.07. The first-order valence-electron chi connectivity index (χ1n) is 8.84. The molecule has 0 fully saturated rings. The molecule has 3 aromatic carbocycles. The van der Waals surface area contributed by atoms with Crippen molar-refractivity contribution in [1.29, 1.82) is 0 Å². The number of nitrogens with one attached hydrogen (secondary N) is 1. The second-order valence-electron chi connectivity index (χ2n) is 6.26. The number of hydrogen-bond donors (Lipinski definition) is 1. The molecule has 4 aromatic rings. The molecule has 0 saturated heterocycles. The van der Waals surface area contributed by atoms with Crippen LogP contribution in [0.2, 0.25) is 0 Å². The fourth-order valence-electron chi connectivity index (χ4n) is 2.84. The molecule has 0 aliphatic rings. The van der Waals surface area contributed by atoms with Gasteiger partial charge in [-0.25, -0.2) is 4.98 Å². The highest BCUT2D eigenvalue weighted by Crippen LogP contribution is 2.29. The zero-order valence-electron chi connectivity index (χ0n) is 14.9. The van der Waals surface area contributed by atoms with Crippen LogP contribution in [-0.4, -0.2) is 10.9 Å².